The number of rotatable bonds is 6. The summed E-state index contributed by atoms with van der Waals surface area (Å²) in [6.45, 7) is 4.12. The summed E-state index contributed by atoms with van der Waals surface area (Å²) in [6.07, 6.45) is 0. The van der Waals surface area contributed by atoms with Crippen LogP contribution < -0.4 is 10.6 Å². The molecule has 0 aliphatic rings. The van der Waals surface area contributed by atoms with Crippen LogP contribution in [0.25, 0.3) is 0 Å². The number of halogens is 2. The highest BCUT2D eigenvalue weighted by molar-refractivity contribution is 8.01. The van der Waals surface area contributed by atoms with Crippen LogP contribution in [-0.4, -0.2) is 21.9 Å². The van der Waals surface area contributed by atoms with Crippen molar-refractivity contribution in [1.82, 2.24) is 10.2 Å². The summed E-state index contributed by atoms with van der Waals surface area (Å²) in [7, 11) is 0. The van der Waals surface area contributed by atoms with E-state index in [-0.39, 0.29) is 11.7 Å². The molecule has 27 heavy (non-hydrogen) atoms. The molecule has 0 fully saturated rings. The Bertz CT molecular complexity index is 978. The van der Waals surface area contributed by atoms with Crippen LogP contribution in [0.4, 0.5) is 16.5 Å². The van der Waals surface area contributed by atoms with Crippen molar-refractivity contribution in [2.24, 2.45) is 0 Å². The minimum Gasteiger partial charge on any atom is -0.330 e. The molecule has 2 aromatic carbocycles. The summed E-state index contributed by atoms with van der Waals surface area (Å²) < 4.78 is 0.704. The second kappa shape index (κ2) is 8.93. The van der Waals surface area contributed by atoms with Gasteiger partial charge in [-0.25, -0.2) is 0 Å². The monoisotopic (exact) mass is 438 g/mol. The lowest BCUT2D eigenvalue weighted by atomic mass is 10.1. The Kier molecular flexibility index (Phi) is 6.59. The average molecular weight is 439 g/mol. The Morgan fingerprint density at radius 2 is 1.85 bits per heavy atom. The second-order valence-electron chi connectivity index (χ2n) is 5.68. The highest BCUT2D eigenvalue weighted by Crippen LogP contribution is 2.31. The first-order valence-electron chi connectivity index (χ1n) is 7.97. The largest absolute Gasteiger partial charge is 0.330 e. The summed E-state index contributed by atoms with van der Waals surface area (Å²) in [4.78, 5) is 12.1. The molecule has 0 atom stereocenters. The summed E-state index contributed by atoms with van der Waals surface area (Å²) in [5.41, 5.74) is 3.86. The van der Waals surface area contributed by atoms with Crippen molar-refractivity contribution in [2.75, 3.05) is 16.4 Å². The molecular weight excluding hydrogens is 423 g/mol. The molecule has 5 nitrogen and oxygen atoms in total. The third-order valence-corrected chi connectivity index (χ3v) is 6.60. The molecule has 3 aromatic rings. The molecular formula is C18H16Cl2N4OS2. The van der Waals surface area contributed by atoms with Gasteiger partial charge >= 0.3 is 0 Å². The molecule has 140 valence electrons. The Hall–Kier alpha value is -1.80. The molecule has 0 saturated heterocycles. The van der Waals surface area contributed by atoms with E-state index >= 15 is 0 Å². The average Bonchev–Trinajstić information content (AvgIpc) is 3.09. The number of aromatic nitrogens is 2. The fraction of sp³-hybridized carbons (Fsp3) is 0.167. The van der Waals surface area contributed by atoms with Gasteiger partial charge in [-0.15, -0.1) is 10.2 Å². The van der Waals surface area contributed by atoms with Crippen molar-refractivity contribution in [1.29, 1.82) is 0 Å². The molecule has 0 aliphatic carbocycles. The van der Waals surface area contributed by atoms with Gasteiger partial charge in [-0.05, 0) is 43.2 Å². The number of carbonyl (C=O) groups is 1. The number of amides is 1. The Morgan fingerprint density at radius 1 is 1.11 bits per heavy atom. The van der Waals surface area contributed by atoms with Crippen molar-refractivity contribution < 1.29 is 4.79 Å². The highest BCUT2D eigenvalue weighted by atomic mass is 35.5. The summed E-state index contributed by atoms with van der Waals surface area (Å²) in [6, 6.07) is 11.2. The number of hydrogen-bond acceptors (Lipinski definition) is 6. The summed E-state index contributed by atoms with van der Waals surface area (Å²) in [5.74, 6) is 0.00409. The quantitative estimate of drug-likeness (QED) is 0.466. The zero-order valence-electron chi connectivity index (χ0n) is 14.5. The van der Waals surface area contributed by atoms with E-state index in [1.165, 1.54) is 34.2 Å². The van der Waals surface area contributed by atoms with Crippen LogP contribution in [0.1, 0.15) is 11.1 Å². The van der Waals surface area contributed by atoms with Gasteiger partial charge in [0.15, 0.2) is 4.34 Å². The van der Waals surface area contributed by atoms with Crippen LogP contribution in [0.15, 0.2) is 40.7 Å². The highest BCUT2D eigenvalue weighted by Gasteiger charge is 2.12. The van der Waals surface area contributed by atoms with E-state index in [2.05, 4.69) is 40.7 Å². The molecule has 1 heterocycles. The predicted molar refractivity (Wildman–Crippen MR) is 115 cm³/mol. The van der Waals surface area contributed by atoms with Gasteiger partial charge < -0.3 is 10.6 Å². The molecule has 0 bridgehead atoms. The first-order chi connectivity index (χ1) is 12.9. The number of benzene rings is 2. The van der Waals surface area contributed by atoms with Crippen LogP contribution in [0, 0.1) is 13.8 Å². The van der Waals surface area contributed by atoms with Gasteiger partial charge in [0.25, 0.3) is 0 Å². The maximum atomic E-state index is 12.1. The van der Waals surface area contributed by atoms with Crippen LogP contribution in [0.3, 0.4) is 0 Å². The van der Waals surface area contributed by atoms with Crippen molar-refractivity contribution in [3.63, 3.8) is 0 Å². The normalized spacial score (nSPS) is 10.7. The third kappa shape index (κ3) is 5.13. The molecule has 0 unspecified atom stereocenters. The molecule has 0 spiro atoms. The first kappa shape index (κ1) is 19.9. The lowest BCUT2D eigenvalue weighted by Gasteiger charge is -2.08. The van der Waals surface area contributed by atoms with Gasteiger partial charge in [0.1, 0.15) is 0 Å². The van der Waals surface area contributed by atoms with Crippen molar-refractivity contribution in [3.8, 4) is 0 Å². The topological polar surface area (TPSA) is 66.9 Å². The van der Waals surface area contributed by atoms with Crippen LogP contribution in [0.5, 0.6) is 0 Å². The van der Waals surface area contributed by atoms with Crippen molar-refractivity contribution in [2.45, 2.75) is 18.2 Å². The van der Waals surface area contributed by atoms with Gasteiger partial charge in [0.2, 0.25) is 11.0 Å². The molecule has 9 heteroatoms. The molecule has 0 saturated carbocycles. The van der Waals surface area contributed by atoms with E-state index < -0.39 is 0 Å². The minimum atomic E-state index is -0.191. The molecule has 0 aliphatic heterocycles. The van der Waals surface area contributed by atoms with Gasteiger partial charge in [-0.2, -0.15) is 0 Å². The van der Waals surface area contributed by atoms with E-state index in [0.29, 0.717) is 25.2 Å². The number of thioether (sulfide) groups is 1. The van der Waals surface area contributed by atoms with E-state index in [9.17, 15) is 4.79 Å². The van der Waals surface area contributed by atoms with E-state index in [0.717, 1.165) is 5.69 Å². The van der Waals surface area contributed by atoms with Gasteiger partial charge in [0.05, 0.1) is 21.5 Å². The second-order valence-corrected chi connectivity index (χ2v) is 8.67. The number of aryl methyl sites for hydroxylation is 1. The Labute approximate surface area is 175 Å². The maximum absolute atomic E-state index is 12.1. The number of nitrogens with zero attached hydrogens (tertiary/aromatic N) is 2. The van der Waals surface area contributed by atoms with Crippen LogP contribution in [0.2, 0.25) is 10.0 Å². The summed E-state index contributed by atoms with van der Waals surface area (Å²) >= 11 is 14.7. The van der Waals surface area contributed by atoms with Crippen molar-refractivity contribution >= 4 is 68.7 Å². The zero-order chi connectivity index (χ0) is 19.4. The van der Waals surface area contributed by atoms with E-state index in [1.54, 1.807) is 18.2 Å². The Morgan fingerprint density at radius 3 is 2.67 bits per heavy atom. The van der Waals surface area contributed by atoms with Crippen LogP contribution in [-0.2, 0) is 4.79 Å². The third-order valence-electron chi connectivity index (χ3n) is 3.81. The number of hydrogen-bond donors (Lipinski definition) is 2. The molecule has 1 aromatic heterocycles. The van der Waals surface area contributed by atoms with E-state index in [1.807, 2.05) is 12.1 Å². The maximum Gasteiger partial charge on any atom is 0.234 e. The lowest BCUT2D eigenvalue weighted by molar-refractivity contribution is -0.113. The lowest BCUT2D eigenvalue weighted by Crippen LogP contribution is -2.14. The standard InChI is InChI=1S/C18H16Cl2N4OS2/c1-10-5-3-7-13(11(10)2)22-17-23-24-18(27-17)26-9-15(25)21-14-8-4-6-12(19)16(14)20/h3-8H,9H2,1-2H3,(H,21,25)(H,22,23). The van der Waals surface area contributed by atoms with Gasteiger partial charge in [-0.3, -0.25) is 4.79 Å². The SMILES string of the molecule is Cc1cccc(Nc2nnc(SCC(=O)Nc3cccc(Cl)c3Cl)s2)c1C. The number of carbonyl (C=O) groups excluding carboxylic acids is 1. The minimum absolute atomic E-state index is 0.191. The van der Waals surface area contributed by atoms with Crippen molar-refractivity contribution in [3.05, 3.63) is 57.6 Å². The van der Waals surface area contributed by atoms with Crippen LogP contribution >= 0.6 is 46.3 Å². The smallest absolute Gasteiger partial charge is 0.234 e. The fourth-order valence-electron chi connectivity index (χ4n) is 2.23. The molecule has 2 N–H and O–H groups in total. The predicted octanol–water partition coefficient (Wildman–Crippen LogP) is 5.94. The Balaban J connectivity index is 1.57. The number of anilines is 3. The zero-order valence-corrected chi connectivity index (χ0v) is 17.7. The van der Waals surface area contributed by atoms with Gasteiger partial charge in [-0.1, -0.05) is 64.5 Å². The molecule has 1 amide bonds. The molecule has 3 rings (SSSR count). The first-order valence-corrected chi connectivity index (χ1v) is 10.5. The van der Waals surface area contributed by atoms with E-state index in [4.69, 9.17) is 23.2 Å². The van der Waals surface area contributed by atoms with Gasteiger partial charge in [0, 0.05) is 5.69 Å². The number of nitrogens with one attached hydrogen (secondary N) is 2. The molecule has 0 radical (unpaired) electrons. The fourth-order valence-corrected chi connectivity index (χ4v) is 4.15. The summed E-state index contributed by atoms with van der Waals surface area (Å²) in [5, 5.41) is 15.7.